The Hall–Kier alpha value is -3.92. The number of methoxy groups -OCH3 is 2. The summed E-state index contributed by atoms with van der Waals surface area (Å²) in [6, 6.07) is -2.68. The average molecular weight is 1030 g/mol. The van der Waals surface area contributed by atoms with Gasteiger partial charge in [-0.2, -0.15) is 0 Å². The molecule has 2 unspecified atom stereocenters. The number of ether oxygens (including phenoxy) is 4. The van der Waals surface area contributed by atoms with Gasteiger partial charge in [-0.05, 0) is 128 Å². The van der Waals surface area contributed by atoms with Gasteiger partial charge in [-0.15, -0.1) is 0 Å². The van der Waals surface area contributed by atoms with E-state index in [-0.39, 0.29) is 66.0 Å². The summed E-state index contributed by atoms with van der Waals surface area (Å²) in [5.74, 6) is -7.28. The third-order valence-electron chi connectivity index (χ3n) is 15.4. The molecule has 72 heavy (non-hydrogen) atoms. The van der Waals surface area contributed by atoms with Crippen LogP contribution in [0.15, 0.2) is 63.3 Å². The second kappa shape index (κ2) is 26.5. The Kier molecular flexibility index (Phi) is 21.7. The van der Waals surface area contributed by atoms with Gasteiger partial charge >= 0.3 is 5.97 Å². The number of nitrogens with two attached hydrogens (primary N) is 1. The third kappa shape index (κ3) is 15.1. The normalized spacial score (nSPS) is 37.8. The van der Waals surface area contributed by atoms with Crippen LogP contribution in [0.2, 0.25) is 0 Å². The van der Waals surface area contributed by atoms with E-state index >= 15 is 0 Å². The Morgan fingerprint density at radius 1 is 0.917 bits per heavy atom. The number of carbonyl (C=O) groups excluding carboxylic acids is 4. The number of carbonyl (C=O) groups is 4. The van der Waals surface area contributed by atoms with Crippen molar-refractivity contribution in [2.24, 2.45) is 35.3 Å². The van der Waals surface area contributed by atoms with Crippen LogP contribution in [0.5, 0.6) is 0 Å². The van der Waals surface area contributed by atoms with Crippen molar-refractivity contribution in [1.29, 1.82) is 0 Å². The maximum Gasteiger partial charge on any atom is 0.329 e. The Bertz CT molecular complexity index is 2240. The Morgan fingerprint density at radius 2 is 1.65 bits per heavy atom. The number of amides is 1. The number of cyclic esters (lactones) is 1. The van der Waals surface area contributed by atoms with Crippen molar-refractivity contribution in [2.75, 3.05) is 20.8 Å². The van der Waals surface area contributed by atoms with Crippen molar-refractivity contribution >= 4 is 33.5 Å². The van der Waals surface area contributed by atoms with Crippen molar-refractivity contribution in [3.8, 4) is 0 Å². The molecule has 5 rings (SSSR count). The van der Waals surface area contributed by atoms with Gasteiger partial charge in [-0.1, -0.05) is 74.9 Å². The number of aromatic nitrogens is 1. The molecule has 0 spiro atoms. The van der Waals surface area contributed by atoms with E-state index in [9.17, 15) is 42.9 Å². The zero-order chi connectivity index (χ0) is 53.1. The summed E-state index contributed by atoms with van der Waals surface area (Å²) in [6.45, 7) is 12.3. The molecule has 2 saturated heterocycles. The van der Waals surface area contributed by atoms with Crippen LogP contribution in [0.1, 0.15) is 131 Å². The first kappa shape index (κ1) is 59.0. The summed E-state index contributed by atoms with van der Waals surface area (Å²) in [5.41, 5.74) is 7.84. The van der Waals surface area contributed by atoms with Gasteiger partial charge in [0.2, 0.25) is 15.8 Å². The SMILES string of the molecule is CO[C@@H]1CC(C[C@@H](C)[C@@H]2CC[C@H](N)/C=C(\C)[C@@H](O)[C@@H](OC)C(=O)[C@H](C)C[C@H](C)/C=C/C=C/C=C(\C)[C@@H](NS(=O)(=O)c3conc3C)C[C@@H]3CCC(C)[C@@](O)(O3)C(=O)C(=O)N3CCCC[C@H]3C(=O)O2)CC[C@H]1O. The van der Waals surface area contributed by atoms with E-state index in [2.05, 4.69) is 9.88 Å². The predicted molar refractivity (Wildman–Crippen MR) is 268 cm³/mol. The fourth-order valence-electron chi connectivity index (χ4n) is 10.8. The van der Waals surface area contributed by atoms with Gasteiger partial charge < -0.3 is 49.4 Å². The number of ketones is 2. The van der Waals surface area contributed by atoms with Gasteiger partial charge in [0, 0.05) is 44.7 Å². The molecule has 2 bridgehead atoms. The number of sulfonamides is 1. The summed E-state index contributed by atoms with van der Waals surface area (Å²) in [4.78, 5) is 58.1. The molecule has 1 aromatic heterocycles. The van der Waals surface area contributed by atoms with Gasteiger partial charge in [0.1, 0.15) is 41.2 Å². The van der Waals surface area contributed by atoms with Crippen LogP contribution in [0.3, 0.4) is 0 Å². The molecule has 404 valence electrons. The smallest absolute Gasteiger partial charge is 0.329 e. The van der Waals surface area contributed by atoms with Gasteiger partial charge in [-0.25, -0.2) is 17.9 Å². The lowest BCUT2D eigenvalue weighted by Gasteiger charge is -2.43. The van der Waals surface area contributed by atoms with Crippen molar-refractivity contribution in [2.45, 2.75) is 197 Å². The number of piperidine rings is 1. The molecule has 3 aliphatic heterocycles. The van der Waals surface area contributed by atoms with Crippen molar-refractivity contribution in [3.05, 3.63) is 59.6 Å². The predicted octanol–water partition coefficient (Wildman–Crippen LogP) is 5.32. The maximum absolute atomic E-state index is 14.5. The molecule has 19 heteroatoms. The van der Waals surface area contributed by atoms with E-state index in [4.69, 9.17) is 29.2 Å². The van der Waals surface area contributed by atoms with Gasteiger partial charge in [0.05, 0.1) is 18.3 Å². The summed E-state index contributed by atoms with van der Waals surface area (Å²) in [7, 11) is -1.25. The quantitative estimate of drug-likeness (QED) is 0.125. The molecule has 6 N–H and O–H groups in total. The zero-order valence-electron chi connectivity index (χ0n) is 43.7. The number of rotatable bonds is 8. The molecule has 1 amide bonds. The Labute approximate surface area is 426 Å². The first-order valence-electron chi connectivity index (χ1n) is 25.8. The van der Waals surface area contributed by atoms with Crippen LogP contribution in [-0.2, 0) is 48.1 Å². The summed E-state index contributed by atoms with van der Waals surface area (Å²) >= 11 is 0. The molecular weight excluding hydrogens is 949 g/mol. The Morgan fingerprint density at radius 3 is 2.33 bits per heavy atom. The number of aryl methyl sites for hydroxylation is 1. The number of esters is 1. The lowest BCUT2D eigenvalue weighted by atomic mass is 9.78. The second-order valence-electron chi connectivity index (χ2n) is 21.1. The monoisotopic (exact) mass is 1030 g/mol. The van der Waals surface area contributed by atoms with Gasteiger partial charge in [0.25, 0.3) is 11.7 Å². The molecule has 4 heterocycles. The molecule has 1 aliphatic carbocycles. The summed E-state index contributed by atoms with van der Waals surface area (Å²) in [5, 5.41) is 37.9. The van der Waals surface area contributed by atoms with Crippen molar-refractivity contribution in [1.82, 2.24) is 14.8 Å². The van der Waals surface area contributed by atoms with E-state index in [0.717, 1.165) is 12.7 Å². The van der Waals surface area contributed by atoms with Gasteiger partial charge in [-0.3, -0.25) is 14.4 Å². The summed E-state index contributed by atoms with van der Waals surface area (Å²) in [6.07, 6.45) is 12.3. The fourth-order valence-corrected chi connectivity index (χ4v) is 12.2. The van der Waals surface area contributed by atoms with Crippen molar-refractivity contribution in [3.63, 3.8) is 0 Å². The minimum atomic E-state index is -4.21. The van der Waals surface area contributed by atoms with E-state index < -0.39 is 94.0 Å². The molecule has 18 nitrogen and oxygen atoms in total. The Balaban J connectivity index is 1.50. The minimum Gasteiger partial charge on any atom is -0.461 e. The maximum atomic E-state index is 14.5. The lowest BCUT2D eigenvalue weighted by Crippen LogP contribution is -2.61. The fraction of sp³-hybridized carbons (Fsp3) is 0.717. The summed E-state index contributed by atoms with van der Waals surface area (Å²) < 4.78 is 58.9. The van der Waals surface area contributed by atoms with Crippen LogP contribution >= 0.6 is 0 Å². The van der Waals surface area contributed by atoms with Gasteiger partial charge in [0.15, 0.2) is 5.78 Å². The molecule has 15 atom stereocenters. The second-order valence-corrected chi connectivity index (χ2v) is 22.8. The number of hydrogen-bond donors (Lipinski definition) is 5. The number of fused-ring (bicyclic) bond motifs is 3. The first-order valence-corrected chi connectivity index (χ1v) is 27.3. The van der Waals surface area contributed by atoms with Crippen molar-refractivity contribution < 1.29 is 66.4 Å². The highest BCUT2D eigenvalue weighted by Gasteiger charge is 2.53. The number of nitrogens with one attached hydrogen (secondary N) is 1. The number of allylic oxidation sites excluding steroid dienone is 5. The molecule has 1 saturated carbocycles. The van der Waals surface area contributed by atoms with E-state index in [0.29, 0.717) is 68.9 Å². The third-order valence-corrected chi connectivity index (χ3v) is 17.0. The molecule has 1 aromatic rings. The van der Waals surface area contributed by atoms with Crippen LogP contribution in [0.4, 0.5) is 0 Å². The minimum absolute atomic E-state index is 0.0311. The topological polar surface area (TPSA) is 267 Å². The number of hydrogen-bond acceptors (Lipinski definition) is 16. The number of Topliss-reactive ketones (excluding diaryl/α,β-unsaturated/α-hetero) is 2. The highest BCUT2D eigenvalue weighted by atomic mass is 32.2. The van der Waals surface area contributed by atoms with E-state index in [1.165, 1.54) is 18.9 Å². The molecule has 0 aromatic carbocycles. The number of aliphatic hydroxyl groups excluding tert-OH is 2. The number of aliphatic hydroxyl groups is 3. The molecule has 4 aliphatic rings. The zero-order valence-corrected chi connectivity index (χ0v) is 44.6. The average Bonchev–Trinajstić information content (AvgIpc) is 3.80. The largest absolute Gasteiger partial charge is 0.461 e. The number of nitrogens with zero attached hydrogens (tertiary/aromatic N) is 2. The highest BCUT2D eigenvalue weighted by molar-refractivity contribution is 7.89. The van der Waals surface area contributed by atoms with E-state index in [1.807, 2.05) is 26.0 Å². The van der Waals surface area contributed by atoms with Crippen LogP contribution in [-0.4, -0.2) is 139 Å². The van der Waals surface area contributed by atoms with Crippen LogP contribution < -0.4 is 10.5 Å². The standard InChI is InChI=1S/C53H82N4O14S/c1-31-15-11-10-12-16-32(2)41(56-72(65,66)46-30-69-55-37(46)7)29-40-21-18-36(6)53(64,71-40)50(61)51(62)57-24-14-13-17-42(57)52(63)70-44(33(3)26-38-19-22-43(58)45(28-38)67-8)23-20-39(54)27-35(5)48(60)49(68-9)47(59)34(4)25-31/h10-12,15-16,27,30-31,33-34,36,38-45,48-49,56,58,60,64H,13-14,17-26,28-29,54H2,1-9H3/b12-10+,15-11+,32-16+,35-27+/t31-,33-,34-,36?,38?,39+,40+,41+,42+,43-,44+,45-,48-,49+,53-/m1/s1. The lowest BCUT2D eigenvalue weighted by molar-refractivity contribution is -0.264. The molecule has 3 fully saturated rings. The molecular formula is C53H82N4O14S. The highest BCUT2D eigenvalue weighted by Crippen LogP contribution is 2.38. The molecule has 0 radical (unpaired) electrons. The van der Waals surface area contributed by atoms with E-state index in [1.54, 1.807) is 59.1 Å². The van der Waals surface area contributed by atoms with Crippen LogP contribution in [0.25, 0.3) is 0 Å². The van der Waals surface area contributed by atoms with Crippen LogP contribution in [0, 0.1) is 36.5 Å². The first-order chi connectivity index (χ1) is 34.0.